The van der Waals surface area contributed by atoms with Crippen molar-refractivity contribution in [2.45, 2.75) is 44.8 Å². The predicted molar refractivity (Wildman–Crippen MR) is 57.7 cm³/mol. The summed E-state index contributed by atoms with van der Waals surface area (Å²) in [5.74, 6) is 0.0926. The summed E-state index contributed by atoms with van der Waals surface area (Å²) in [5.41, 5.74) is 0. The summed E-state index contributed by atoms with van der Waals surface area (Å²) in [5, 5.41) is 2.89. The Balaban J connectivity index is 2.07. The van der Waals surface area contributed by atoms with E-state index >= 15 is 0 Å². The van der Waals surface area contributed by atoms with Gasteiger partial charge in [0.2, 0.25) is 5.91 Å². The maximum atomic E-state index is 11.5. The van der Waals surface area contributed by atoms with Gasteiger partial charge in [-0.1, -0.05) is 0 Å². The summed E-state index contributed by atoms with van der Waals surface area (Å²) in [6.07, 6.45) is 3.92. The number of carbonyl (C=O) groups is 1. The first-order valence-electron chi connectivity index (χ1n) is 5.62. The molecule has 4 nitrogen and oxygen atoms in total. The van der Waals surface area contributed by atoms with Crippen LogP contribution in [0.1, 0.15) is 32.6 Å². The van der Waals surface area contributed by atoms with E-state index in [9.17, 15) is 4.79 Å². The largest absolute Gasteiger partial charge is 0.383 e. The average Bonchev–Trinajstić information content (AvgIpc) is 2.67. The standard InChI is InChI=1S/C11H21NO3/c1-9(8-14-2)12-11(13)6-5-10-4-3-7-15-10/h9-10H,3-8H2,1-2H3,(H,12,13). The van der Waals surface area contributed by atoms with Gasteiger partial charge in [-0.05, 0) is 26.2 Å². The Morgan fingerprint density at radius 1 is 1.67 bits per heavy atom. The predicted octanol–water partition coefficient (Wildman–Crippen LogP) is 1.10. The molecular weight excluding hydrogens is 194 g/mol. The molecule has 1 heterocycles. The Labute approximate surface area is 91.3 Å². The Kier molecular flexibility index (Phi) is 5.65. The van der Waals surface area contributed by atoms with Crippen LogP contribution in [-0.4, -0.2) is 38.4 Å². The monoisotopic (exact) mass is 215 g/mol. The molecule has 0 aliphatic carbocycles. The van der Waals surface area contributed by atoms with Crippen molar-refractivity contribution in [1.82, 2.24) is 5.32 Å². The minimum Gasteiger partial charge on any atom is -0.383 e. The van der Waals surface area contributed by atoms with Crippen LogP contribution in [0, 0.1) is 0 Å². The van der Waals surface area contributed by atoms with E-state index in [4.69, 9.17) is 9.47 Å². The lowest BCUT2D eigenvalue weighted by Gasteiger charge is -2.13. The molecule has 0 radical (unpaired) electrons. The Bertz CT molecular complexity index is 190. The Morgan fingerprint density at radius 3 is 3.07 bits per heavy atom. The number of nitrogens with one attached hydrogen (secondary N) is 1. The van der Waals surface area contributed by atoms with Crippen molar-refractivity contribution in [3.05, 3.63) is 0 Å². The van der Waals surface area contributed by atoms with E-state index < -0.39 is 0 Å². The van der Waals surface area contributed by atoms with Crippen molar-refractivity contribution in [2.24, 2.45) is 0 Å². The Morgan fingerprint density at radius 2 is 2.47 bits per heavy atom. The van der Waals surface area contributed by atoms with Gasteiger partial charge in [-0.2, -0.15) is 0 Å². The number of rotatable bonds is 6. The highest BCUT2D eigenvalue weighted by molar-refractivity contribution is 5.76. The van der Waals surface area contributed by atoms with E-state index in [1.54, 1.807) is 7.11 Å². The highest BCUT2D eigenvalue weighted by Crippen LogP contribution is 2.16. The molecule has 0 bridgehead atoms. The molecule has 88 valence electrons. The van der Waals surface area contributed by atoms with Crippen LogP contribution < -0.4 is 5.32 Å². The number of ether oxygens (including phenoxy) is 2. The lowest BCUT2D eigenvalue weighted by molar-refractivity contribution is -0.122. The van der Waals surface area contributed by atoms with Gasteiger partial charge >= 0.3 is 0 Å². The van der Waals surface area contributed by atoms with E-state index in [1.807, 2.05) is 6.92 Å². The van der Waals surface area contributed by atoms with Gasteiger partial charge in [-0.25, -0.2) is 0 Å². The van der Waals surface area contributed by atoms with Crippen LogP contribution in [-0.2, 0) is 14.3 Å². The summed E-state index contributed by atoms with van der Waals surface area (Å²) < 4.78 is 10.4. The molecule has 0 aromatic heterocycles. The molecule has 1 N–H and O–H groups in total. The fourth-order valence-electron chi connectivity index (χ4n) is 1.80. The van der Waals surface area contributed by atoms with E-state index in [2.05, 4.69) is 5.32 Å². The SMILES string of the molecule is COCC(C)NC(=O)CCC1CCCO1. The number of hydrogen-bond donors (Lipinski definition) is 1. The summed E-state index contributed by atoms with van der Waals surface area (Å²) in [7, 11) is 1.63. The van der Waals surface area contributed by atoms with Crippen molar-refractivity contribution in [3.8, 4) is 0 Å². The van der Waals surface area contributed by atoms with Crippen LogP contribution in [0.3, 0.4) is 0 Å². The van der Waals surface area contributed by atoms with Crippen molar-refractivity contribution in [2.75, 3.05) is 20.3 Å². The third-order valence-electron chi connectivity index (χ3n) is 2.54. The average molecular weight is 215 g/mol. The quantitative estimate of drug-likeness (QED) is 0.721. The first-order valence-corrected chi connectivity index (χ1v) is 5.62. The fraction of sp³-hybridized carbons (Fsp3) is 0.909. The zero-order chi connectivity index (χ0) is 11.1. The number of amides is 1. The van der Waals surface area contributed by atoms with Gasteiger partial charge in [0.05, 0.1) is 12.7 Å². The summed E-state index contributed by atoms with van der Waals surface area (Å²) in [6, 6.07) is 0.0898. The first kappa shape index (κ1) is 12.5. The van der Waals surface area contributed by atoms with Crippen molar-refractivity contribution >= 4 is 5.91 Å². The molecule has 4 heteroatoms. The molecule has 1 rings (SSSR count). The van der Waals surface area contributed by atoms with Crippen molar-refractivity contribution in [3.63, 3.8) is 0 Å². The van der Waals surface area contributed by atoms with Gasteiger partial charge in [-0.15, -0.1) is 0 Å². The molecule has 1 fully saturated rings. The van der Waals surface area contributed by atoms with Gasteiger partial charge in [0.15, 0.2) is 0 Å². The molecule has 1 saturated heterocycles. The van der Waals surface area contributed by atoms with Crippen molar-refractivity contribution < 1.29 is 14.3 Å². The van der Waals surface area contributed by atoms with E-state index in [0.717, 1.165) is 25.9 Å². The molecule has 2 atom stereocenters. The first-order chi connectivity index (χ1) is 7.22. The molecule has 1 amide bonds. The van der Waals surface area contributed by atoms with Crippen LogP contribution in [0.15, 0.2) is 0 Å². The molecule has 1 aliphatic rings. The van der Waals surface area contributed by atoms with Gasteiger partial charge in [-0.3, -0.25) is 4.79 Å². The van der Waals surface area contributed by atoms with Gasteiger partial charge in [0, 0.05) is 26.2 Å². The third-order valence-corrected chi connectivity index (χ3v) is 2.54. The lowest BCUT2D eigenvalue weighted by Crippen LogP contribution is -2.35. The van der Waals surface area contributed by atoms with Gasteiger partial charge < -0.3 is 14.8 Å². The van der Waals surface area contributed by atoms with E-state index in [-0.39, 0.29) is 11.9 Å². The van der Waals surface area contributed by atoms with Crippen LogP contribution in [0.4, 0.5) is 0 Å². The smallest absolute Gasteiger partial charge is 0.220 e. The molecule has 0 saturated carbocycles. The molecule has 2 unspecified atom stereocenters. The van der Waals surface area contributed by atoms with Gasteiger partial charge in [0.25, 0.3) is 0 Å². The van der Waals surface area contributed by atoms with E-state index in [1.165, 1.54) is 0 Å². The second-order valence-electron chi connectivity index (χ2n) is 4.10. The molecule has 1 aliphatic heterocycles. The molecule has 0 aromatic rings. The third kappa shape index (κ3) is 5.14. The van der Waals surface area contributed by atoms with Crippen molar-refractivity contribution in [1.29, 1.82) is 0 Å². The maximum absolute atomic E-state index is 11.5. The minimum absolute atomic E-state index is 0.0898. The summed E-state index contributed by atoms with van der Waals surface area (Å²) in [4.78, 5) is 11.5. The highest BCUT2D eigenvalue weighted by Gasteiger charge is 2.17. The maximum Gasteiger partial charge on any atom is 0.220 e. The number of hydrogen-bond acceptors (Lipinski definition) is 3. The topological polar surface area (TPSA) is 47.6 Å². The van der Waals surface area contributed by atoms with Crippen LogP contribution in [0.5, 0.6) is 0 Å². The summed E-state index contributed by atoms with van der Waals surface area (Å²) in [6.45, 7) is 3.35. The van der Waals surface area contributed by atoms with Crippen LogP contribution in [0.25, 0.3) is 0 Å². The Hall–Kier alpha value is -0.610. The summed E-state index contributed by atoms with van der Waals surface area (Å²) >= 11 is 0. The van der Waals surface area contributed by atoms with Crippen LogP contribution in [0.2, 0.25) is 0 Å². The second-order valence-corrected chi connectivity index (χ2v) is 4.10. The lowest BCUT2D eigenvalue weighted by atomic mass is 10.1. The number of methoxy groups -OCH3 is 1. The normalized spacial score (nSPS) is 22.7. The zero-order valence-electron chi connectivity index (χ0n) is 9.62. The minimum atomic E-state index is 0.0898. The number of carbonyl (C=O) groups excluding carboxylic acids is 1. The molecule has 15 heavy (non-hydrogen) atoms. The molecule has 0 spiro atoms. The van der Waals surface area contributed by atoms with Gasteiger partial charge in [0.1, 0.15) is 0 Å². The van der Waals surface area contributed by atoms with Crippen LogP contribution >= 0.6 is 0 Å². The molecular formula is C11H21NO3. The second kappa shape index (κ2) is 6.80. The zero-order valence-corrected chi connectivity index (χ0v) is 9.62. The molecule has 0 aromatic carbocycles. The van der Waals surface area contributed by atoms with E-state index in [0.29, 0.717) is 19.1 Å². The highest BCUT2D eigenvalue weighted by atomic mass is 16.5. The fourth-order valence-corrected chi connectivity index (χ4v) is 1.80.